The van der Waals surface area contributed by atoms with E-state index in [1.807, 2.05) is 0 Å². The van der Waals surface area contributed by atoms with Gasteiger partial charge in [0, 0.05) is 26.7 Å². The minimum Gasteiger partial charge on any atom is -0.426 e. The van der Waals surface area contributed by atoms with Crippen LogP contribution in [-0.2, 0) is 16.1 Å². The molecule has 5 rings (SSSR count). The van der Waals surface area contributed by atoms with Crippen LogP contribution in [0.5, 0.6) is 5.75 Å². The van der Waals surface area contributed by atoms with Gasteiger partial charge < -0.3 is 14.5 Å². The van der Waals surface area contributed by atoms with Gasteiger partial charge in [0.1, 0.15) is 18.1 Å². The van der Waals surface area contributed by atoms with Crippen LogP contribution in [0.2, 0.25) is 0 Å². The SMILES string of the molecule is CN1C(=O)[C@@H]2[C@@H](N=C(Oc3cccc(/C=N\NC(=O)Cn4nnc(-c5ccc(F)cc5)n4)c3)N2C)N(C)C1=O. The third-order valence-electron chi connectivity index (χ3n) is 6.12. The Hall–Kier alpha value is -5.21. The molecule has 14 nitrogen and oxygen atoms in total. The summed E-state index contributed by atoms with van der Waals surface area (Å²) in [7, 11) is 4.68. The summed E-state index contributed by atoms with van der Waals surface area (Å²) < 4.78 is 19.0. The van der Waals surface area contributed by atoms with Crippen molar-refractivity contribution in [3.05, 3.63) is 59.9 Å². The van der Waals surface area contributed by atoms with Crippen LogP contribution in [0.25, 0.3) is 11.4 Å². The van der Waals surface area contributed by atoms with E-state index in [-0.39, 0.29) is 30.1 Å². The number of likely N-dealkylation sites (N-methyl/N-ethyl adjacent to an activating group) is 3. The van der Waals surface area contributed by atoms with Gasteiger partial charge in [-0.3, -0.25) is 14.5 Å². The average molecular weight is 535 g/mol. The summed E-state index contributed by atoms with van der Waals surface area (Å²) >= 11 is 0. The van der Waals surface area contributed by atoms with Gasteiger partial charge in [-0.2, -0.15) is 9.90 Å². The van der Waals surface area contributed by atoms with E-state index in [1.54, 1.807) is 43.3 Å². The number of halogens is 1. The van der Waals surface area contributed by atoms with Gasteiger partial charge in [0.2, 0.25) is 5.82 Å². The molecule has 39 heavy (non-hydrogen) atoms. The van der Waals surface area contributed by atoms with Gasteiger partial charge in [-0.25, -0.2) is 19.6 Å². The Kier molecular flexibility index (Phi) is 6.70. The Balaban J connectivity index is 1.18. The molecule has 4 amide bonds. The lowest BCUT2D eigenvalue weighted by Crippen LogP contribution is -2.63. The van der Waals surface area contributed by atoms with Crippen LogP contribution in [0.3, 0.4) is 0 Å². The number of benzene rings is 2. The zero-order chi connectivity index (χ0) is 27.7. The number of tetrazole rings is 1. The van der Waals surface area contributed by atoms with Crippen molar-refractivity contribution in [3.8, 4) is 17.1 Å². The summed E-state index contributed by atoms with van der Waals surface area (Å²) in [6, 6.07) is 11.5. The van der Waals surface area contributed by atoms with Crippen molar-refractivity contribution < 1.29 is 23.5 Å². The van der Waals surface area contributed by atoms with Crippen LogP contribution in [-0.4, -0.2) is 98.3 Å². The maximum Gasteiger partial charge on any atom is 0.328 e. The summed E-state index contributed by atoms with van der Waals surface area (Å²) in [5.41, 5.74) is 3.57. The maximum atomic E-state index is 13.1. The molecule has 1 fully saturated rings. The number of carbonyl (C=O) groups excluding carboxylic acids is 3. The zero-order valence-electron chi connectivity index (χ0n) is 21.1. The molecule has 3 aromatic rings. The Bertz CT molecular complexity index is 1490. The van der Waals surface area contributed by atoms with Gasteiger partial charge in [0.15, 0.2) is 12.2 Å². The van der Waals surface area contributed by atoms with Crippen molar-refractivity contribution in [1.29, 1.82) is 0 Å². The number of aromatic nitrogens is 4. The van der Waals surface area contributed by atoms with Gasteiger partial charge >= 0.3 is 6.03 Å². The number of hydrogen-bond acceptors (Lipinski definition) is 10. The fourth-order valence-electron chi connectivity index (χ4n) is 4.06. The fourth-order valence-corrected chi connectivity index (χ4v) is 4.06. The number of imide groups is 1. The molecule has 0 saturated carbocycles. The first-order valence-corrected chi connectivity index (χ1v) is 11.7. The highest BCUT2D eigenvalue weighted by atomic mass is 19.1. The molecule has 0 aliphatic carbocycles. The Morgan fingerprint density at radius 2 is 1.90 bits per heavy atom. The first kappa shape index (κ1) is 25.4. The number of fused-ring (bicyclic) bond motifs is 1. The van der Waals surface area contributed by atoms with Crippen molar-refractivity contribution >= 4 is 30.1 Å². The molecule has 2 aliphatic rings. The number of amidine groups is 1. The molecule has 0 radical (unpaired) electrons. The number of carbonyl (C=O) groups is 3. The topological polar surface area (TPSA) is 151 Å². The summed E-state index contributed by atoms with van der Waals surface area (Å²) in [6.07, 6.45) is 0.737. The molecule has 2 atom stereocenters. The molecule has 15 heteroatoms. The van der Waals surface area contributed by atoms with E-state index in [2.05, 4.69) is 30.9 Å². The molecule has 2 aliphatic heterocycles. The molecule has 0 spiro atoms. The zero-order valence-corrected chi connectivity index (χ0v) is 21.1. The Morgan fingerprint density at radius 3 is 2.67 bits per heavy atom. The largest absolute Gasteiger partial charge is 0.426 e. The molecular weight excluding hydrogens is 511 g/mol. The maximum absolute atomic E-state index is 13.1. The standard InChI is InChI=1S/C24H23FN10O4/c1-32-19-21(33(2)24(38)34(3)22(19)37)27-23(32)39-17-6-4-5-14(11-17)12-26-28-18(36)13-35-30-20(29-31-35)15-7-9-16(25)10-8-15/h4-12,19,21H,13H2,1-3H3,(H,28,36)/b26-12-/t19-,21-/m0/s1. The summed E-state index contributed by atoms with van der Waals surface area (Å²) in [6.45, 7) is -0.228. The summed E-state index contributed by atoms with van der Waals surface area (Å²) in [5, 5.41) is 15.8. The number of aliphatic imine (C=N–C) groups is 1. The van der Waals surface area contributed by atoms with Crippen LogP contribution >= 0.6 is 0 Å². The van der Waals surface area contributed by atoms with E-state index in [1.165, 1.54) is 42.4 Å². The second-order valence-electron chi connectivity index (χ2n) is 8.79. The highest BCUT2D eigenvalue weighted by Gasteiger charge is 2.50. The minimum atomic E-state index is -0.688. The van der Waals surface area contributed by atoms with E-state index in [0.717, 1.165) is 9.70 Å². The molecule has 1 aromatic heterocycles. The summed E-state index contributed by atoms with van der Waals surface area (Å²) in [5.74, 6) is -0.552. The summed E-state index contributed by atoms with van der Waals surface area (Å²) in [4.78, 5) is 46.7. The van der Waals surface area contributed by atoms with E-state index >= 15 is 0 Å². The number of hydrazone groups is 1. The van der Waals surface area contributed by atoms with E-state index < -0.39 is 24.1 Å². The van der Waals surface area contributed by atoms with Crippen molar-refractivity contribution in [2.45, 2.75) is 18.8 Å². The van der Waals surface area contributed by atoms with Crippen LogP contribution in [0.1, 0.15) is 5.56 Å². The van der Waals surface area contributed by atoms with E-state index in [0.29, 0.717) is 16.9 Å². The first-order valence-electron chi connectivity index (χ1n) is 11.7. The van der Waals surface area contributed by atoms with E-state index in [9.17, 15) is 18.8 Å². The number of rotatable bonds is 6. The normalized spacial score (nSPS) is 19.0. The number of amides is 4. The van der Waals surface area contributed by atoms with Gasteiger partial charge in [-0.1, -0.05) is 12.1 Å². The Morgan fingerprint density at radius 1 is 1.13 bits per heavy atom. The molecule has 1 N–H and O–H groups in total. The molecule has 1 saturated heterocycles. The average Bonchev–Trinajstić information content (AvgIpc) is 3.51. The van der Waals surface area contributed by atoms with Crippen molar-refractivity contribution in [3.63, 3.8) is 0 Å². The van der Waals surface area contributed by atoms with Gasteiger partial charge in [0.25, 0.3) is 17.8 Å². The lowest BCUT2D eigenvalue weighted by molar-refractivity contribution is -0.135. The van der Waals surface area contributed by atoms with Gasteiger partial charge in [-0.05, 0) is 47.2 Å². The lowest BCUT2D eigenvalue weighted by atomic mass is 10.1. The van der Waals surface area contributed by atoms with Crippen LogP contribution < -0.4 is 10.2 Å². The predicted octanol–water partition coefficient (Wildman–Crippen LogP) is 0.528. The number of ether oxygens (including phenoxy) is 1. The molecule has 0 unspecified atom stereocenters. The molecule has 3 heterocycles. The van der Waals surface area contributed by atoms with Crippen molar-refractivity contribution in [2.75, 3.05) is 21.1 Å². The Labute approximate surface area is 221 Å². The number of nitrogens with one attached hydrogen (secondary N) is 1. The van der Waals surface area contributed by atoms with Crippen LogP contribution in [0, 0.1) is 5.82 Å². The lowest BCUT2D eigenvalue weighted by Gasteiger charge is -2.38. The van der Waals surface area contributed by atoms with E-state index in [4.69, 9.17) is 4.74 Å². The molecule has 200 valence electrons. The van der Waals surface area contributed by atoms with Crippen molar-refractivity contribution in [1.82, 2.24) is 40.3 Å². The highest BCUT2D eigenvalue weighted by molar-refractivity contribution is 6.03. The minimum absolute atomic E-state index is 0.191. The first-order chi connectivity index (χ1) is 18.7. The monoisotopic (exact) mass is 534 g/mol. The number of hydrogen-bond donors (Lipinski definition) is 1. The third kappa shape index (κ3) is 5.14. The van der Waals surface area contributed by atoms with Gasteiger partial charge in [-0.15, -0.1) is 10.2 Å². The van der Waals surface area contributed by atoms with Gasteiger partial charge in [0.05, 0.1) is 6.21 Å². The fraction of sp³-hybridized carbons (Fsp3) is 0.250. The second-order valence-corrected chi connectivity index (χ2v) is 8.79. The van der Waals surface area contributed by atoms with Crippen molar-refractivity contribution in [2.24, 2.45) is 10.1 Å². The second kappa shape index (κ2) is 10.3. The quantitative estimate of drug-likeness (QED) is 0.355. The molecule has 0 bridgehead atoms. The highest BCUT2D eigenvalue weighted by Crippen LogP contribution is 2.27. The molecule has 2 aromatic carbocycles. The number of urea groups is 1. The smallest absolute Gasteiger partial charge is 0.328 e. The van der Waals surface area contributed by atoms with Crippen LogP contribution in [0.4, 0.5) is 9.18 Å². The third-order valence-corrected chi connectivity index (χ3v) is 6.12. The van der Waals surface area contributed by atoms with Crippen LogP contribution in [0.15, 0.2) is 58.6 Å². The molecular formula is C24H23FN10O4. The predicted molar refractivity (Wildman–Crippen MR) is 135 cm³/mol. The number of nitrogens with zero attached hydrogens (tertiary/aromatic N) is 9.